The van der Waals surface area contributed by atoms with Gasteiger partial charge in [0.2, 0.25) is 17.7 Å². The Kier molecular flexibility index (Phi) is 5.53. The van der Waals surface area contributed by atoms with E-state index in [4.69, 9.17) is 0 Å². The molecule has 6 heteroatoms. The third-order valence-corrected chi connectivity index (χ3v) is 5.20. The normalized spacial score (nSPS) is 18.1. The molecule has 1 aliphatic carbocycles. The Balaban J connectivity index is 1.48. The van der Waals surface area contributed by atoms with Gasteiger partial charge in [-0.05, 0) is 49.9 Å². The predicted octanol–water partition coefficient (Wildman–Crippen LogP) is 3.26. The third-order valence-electron chi connectivity index (χ3n) is 5.20. The summed E-state index contributed by atoms with van der Waals surface area (Å²) in [6.45, 7) is 6.93. The second kappa shape index (κ2) is 7.71. The number of nitrogens with one attached hydrogen (secondary N) is 2. The standard InChI is InChI=1S/C21H29N3O3/c1-21(2,3)20(27)23-17-8-6-16(7-9-17)22-18(25)14-10-12-24(13-11-14)19(26)15-4-5-15/h6-9,14-15H,4-5,10-13H2,1-3H3,(H,22,25)(H,23,27). The van der Waals surface area contributed by atoms with Gasteiger partial charge in [-0.1, -0.05) is 20.8 Å². The van der Waals surface area contributed by atoms with Crippen LogP contribution >= 0.6 is 0 Å². The molecule has 0 unspecified atom stereocenters. The van der Waals surface area contributed by atoms with Crippen molar-refractivity contribution in [2.45, 2.75) is 46.5 Å². The molecule has 2 fully saturated rings. The van der Waals surface area contributed by atoms with E-state index in [1.54, 1.807) is 24.3 Å². The fraction of sp³-hybridized carbons (Fsp3) is 0.571. The predicted molar refractivity (Wildman–Crippen MR) is 105 cm³/mol. The molecule has 1 aromatic rings. The molecule has 0 aromatic heterocycles. The summed E-state index contributed by atoms with van der Waals surface area (Å²) in [7, 11) is 0. The number of carbonyl (C=O) groups is 3. The first kappa shape index (κ1) is 19.4. The average molecular weight is 371 g/mol. The van der Waals surface area contributed by atoms with Crippen LogP contribution in [0, 0.1) is 17.3 Å². The van der Waals surface area contributed by atoms with E-state index in [9.17, 15) is 14.4 Å². The Morgan fingerprint density at radius 2 is 1.37 bits per heavy atom. The van der Waals surface area contributed by atoms with Crippen LogP contribution in [-0.2, 0) is 14.4 Å². The fourth-order valence-electron chi connectivity index (χ4n) is 3.15. The van der Waals surface area contributed by atoms with E-state index in [2.05, 4.69) is 10.6 Å². The zero-order valence-corrected chi connectivity index (χ0v) is 16.4. The van der Waals surface area contributed by atoms with Crippen LogP contribution in [0.4, 0.5) is 11.4 Å². The number of likely N-dealkylation sites (tertiary alicyclic amines) is 1. The lowest BCUT2D eigenvalue weighted by atomic mass is 9.95. The number of benzene rings is 1. The summed E-state index contributed by atoms with van der Waals surface area (Å²) in [5.41, 5.74) is 0.966. The first-order chi connectivity index (χ1) is 12.7. The molecule has 0 atom stereocenters. The Morgan fingerprint density at radius 1 is 0.852 bits per heavy atom. The van der Waals surface area contributed by atoms with Crippen LogP contribution in [0.3, 0.4) is 0 Å². The molecule has 2 N–H and O–H groups in total. The topological polar surface area (TPSA) is 78.5 Å². The van der Waals surface area contributed by atoms with Crippen molar-refractivity contribution < 1.29 is 14.4 Å². The molecule has 2 aliphatic rings. The lowest BCUT2D eigenvalue weighted by Crippen LogP contribution is -2.42. The molecule has 1 aliphatic heterocycles. The smallest absolute Gasteiger partial charge is 0.229 e. The number of anilines is 2. The number of hydrogen-bond donors (Lipinski definition) is 2. The van der Waals surface area contributed by atoms with Gasteiger partial charge in [0.15, 0.2) is 0 Å². The van der Waals surface area contributed by atoms with Crippen molar-refractivity contribution in [1.82, 2.24) is 4.90 Å². The summed E-state index contributed by atoms with van der Waals surface area (Å²) < 4.78 is 0. The highest BCUT2D eigenvalue weighted by molar-refractivity contribution is 5.95. The molecule has 3 amide bonds. The lowest BCUT2D eigenvalue weighted by Gasteiger charge is -2.31. The molecule has 1 aromatic carbocycles. The van der Waals surface area contributed by atoms with Crippen molar-refractivity contribution in [3.05, 3.63) is 24.3 Å². The highest BCUT2D eigenvalue weighted by atomic mass is 16.2. The van der Waals surface area contributed by atoms with Crippen LogP contribution in [0.25, 0.3) is 0 Å². The number of nitrogens with zero attached hydrogens (tertiary/aromatic N) is 1. The van der Waals surface area contributed by atoms with Crippen molar-refractivity contribution >= 4 is 29.1 Å². The molecule has 1 saturated carbocycles. The maximum absolute atomic E-state index is 12.5. The molecule has 146 valence electrons. The van der Waals surface area contributed by atoms with E-state index in [1.807, 2.05) is 25.7 Å². The maximum atomic E-state index is 12.5. The molecule has 1 saturated heterocycles. The van der Waals surface area contributed by atoms with E-state index >= 15 is 0 Å². The first-order valence-corrected chi connectivity index (χ1v) is 9.75. The fourth-order valence-corrected chi connectivity index (χ4v) is 3.15. The minimum Gasteiger partial charge on any atom is -0.342 e. The molecule has 27 heavy (non-hydrogen) atoms. The second-order valence-electron chi connectivity index (χ2n) is 8.64. The molecular formula is C21H29N3O3. The minimum atomic E-state index is -0.456. The number of piperidine rings is 1. The van der Waals surface area contributed by atoms with Gasteiger partial charge < -0.3 is 15.5 Å². The van der Waals surface area contributed by atoms with Crippen molar-refractivity contribution in [2.24, 2.45) is 17.3 Å². The lowest BCUT2D eigenvalue weighted by molar-refractivity contribution is -0.135. The van der Waals surface area contributed by atoms with Gasteiger partial charge >= 0.3 is 0 Å². The first-order valence-electron chi connectivity index (χ1n) is 9.75. The van der Waals surface area contributed by atoms with Crippen molar-refractivity contribution in [3.63, 3.8) is 0 Å². The number of hydrogen-bond acceptors (Lipinski definition) is 3. The quantitative estimate of drug-likeness (QED) is 0.853. The van der Waals surface area contributed by atoms with Crippen LogP contribution < -0.4 is 10.6 Å². The van der Waals surface area contributed by atoms with E-state index < -0.39 is 5.41 Å². The van der Waals surface area contributed by atoms with Crippen molar-refractivity contribution in [2.75, 3.05) is 23.7 Å². The van der Waals surface area contributed by atoms with Crippen LogP contribution in [0.15, 0.2) is 24.3 Å². The molecular weight excluding hydrogens is 342 g/mol. The van der Waals surface area contributed by atoms with E-state index in [0.717, 1.165) is 12.8 Å². The summed E-state index contributed by atoms with van der Waals surface area (Å²) in [5.74, 6) is 0.398. The Bertz CT molecular complexity index is 709. The summed E-state index contributed by atoms with van der Waals surface area (Å²) in [6, 6.07) is 7.16. The highest BCUT2D eigenvalue weighted by Gasteiger charge is 2.35. The monoisotopic (exact) mass is 371 g/mol. The average Bonchev–Trinajstić information content (AvgIpc) is 3.47. The van der Waals surface area contributed by atoms with Crippen LogP contribution in [-0.4, -0.2) is 35.7 Å². The van der Waals surface area contributed by atoms with Crippen LogP contribution in [0.1, 0.15) is 46.5 Å². The number of rotatable bonds is 4. The number of amides is 3. The van der Waals surface area contributed by atoms with E-state index in [-0.39, 0.29) is 29.6 Å². The Morgan fingerprint density at radius 3 is 1.85 bits per heavy atom. The summed E-state index contributed by atoms with van der Waals surface area (Å²) >= 11 is 0. The largest absolute Gasteiger partial charge is 0.342 e. The molecule has 1 heterocycles. The van der Waals surface area contributed by atoms with Gasteiger partial charge in [-0.2, -0.15) is 0 Å². The van der Waals surface area contributed by atoms with Gasteiger partial charge in [-0.3, -0.25) is 14.4 Å². The van der Waals surface area contributed by atoms with E-state index in [0.29, 0.717) is 37.3 Å². The van der Waals surface area contributed by atoms with Gasteiger partial charge in [0.25, 0.3) is 0 Å². The molecule has 6 nitrogen and oxygen atoms in total. The summed E-state index contributed by atoms with van der Waals surface area (Å²) in [4.78, 5) is 38.5. The number of carbonyl (C=O) groups excluding carboxylic acids is 3. The van der Waals surface area contributed by atoms with Gasteiger partial charge in [0.05, 0.1) is 0 Å². The second-order valence-corrected chi connectivity index (χ2v) is 8.64. The van der Waals surface area contributed by atoms with Crippen molar-refractivity contribution in [1.29, 1.82) is 0 Å². The van der Waals surface area contributed by atoms with Crippen LogP contribution in [0.5, 0.6) is 0 Å². The van der Waals surface area contributed by atoms with Gasteiger partial charge in [0.1, 0.15) is 0 Å². The van der Waals surface area contributed by atoms with Crippen molar-refractivity contribution in [3.8, 4) is 0 Å². The Labute approximate surface area is 160 Å². The summed E-state index contributed by atoms with van der Waals surface area (Å²) in [6.07, 6.45) is 3.46. The zero-order valence-electron chi connectivity index (χ0n) is 16.4. The van der Waals surface area contributed by atoms with Gasteiger partial charge in [0, 0.05) is 41.7 Å². The zero-order chi connectivity index (χ0) is 19.6. The molecule has 0 spiro atoms. The van der Waals surface area contributed by atoms with E-state index in [1.165, 1.54) is 0 Å². The van der Waals surface area contributed by atoms with Gasteiger partial charge in [-0.15, -0.1) is 0 Å². The minimum absolute atomic E-state index is 0.00000184. The summed E-state index contributed by atoms with van der Waals surface area (Å²) in [5, 5.41) is 5.81. The molecule has 0 bridgehead atoms. The molecule has 3 rings (SSSR count). The molecule has 0 radical (unpaired) electrons. The third kappa shape index (κ3) is 5.08. The SMILES string of the molecule is CC(C)(C)C(=O)Nc1ccc(NC(=O)C2CCN(C(=O)C3CC3)CC2)cc1. The maximum Gasteiger partial charge on any atom is 0.229 e. The Hall–Kier alpha value is -2.37. The van der Waals surface area contributed by atoms with Crippen LogP contribution in [0.2, 0.25) is 0 Å². The van der Waals surface area contributed by atoms with Gasteiger partial charge in [-0.25, -0.2) is 0 Å². The highest BCUT2D eigenvalue weighted by Crippen LogP contribution is 2.32.